The van der Waals surface area contributed by atoms with Crippen molar-refractivity contribution >= 4 is 0 Å². The topological polar surface area (TPSA) is 29.5 Å². The molecule has 1 aromatic rings. The van der Waals surface area contributed by atoms with Gasteiger partial charge >= 0.3 is 0 Å². The van der Waals surface area contributed by atoms with E-state index < -0.39 is 6.10 Å². The number of ether oxygens (including phenoxy) is 1. The molecule has 1 fully saturated rings. The van der Waals surface area contributed by atoms with E-state index in [1.54, 1.807) is 6.92 Å². The first-order valence-corrected chi connectivity index (χ1v) is 5.17. The molecule has 0 aliphatic heterocycles. The molecule has 0 saturated heterocycles. The highest BCUT2D eigenvalue weighted by molar-refractivity contribution is 5.34. The fourth-order valence-corrected chi connectivity index (χ4v) is 1.45. The van der Waals surface area contributed by atoms with Gasteiger partial charge < -0.3 is 9.84 Å². The van der Waals surface area contributed by atoms with Crippen molar-refractivity contribution in [1.82, 2.24) is 0 Å². The molecule has 1 aromatic carbocycles. The van der Waals surface area contributed by atoms with Crippen molar-refractivity contribution in [2.45, 2.75) is 25.9 Å². The smallest absolute Gasteiger partial charge is 0.125 e. The molecule has 0 aromatic heterocycles. The van der Waals surface area contributed by atoms with Crippen molar-refractivity contribution in [3.8, 4) is 5.75 Å². The molecular weight excluding hydrogens is 176 g/mol. The Kier molecular flexibility index (Phi) is 2.73. The Morgan fingerprint density at radius 3 is 2.79 bits per heavy atom. The lowest BCUT2D eigenvalue weighted by atomic mass is 10.1. The van der Waals surface area contributed by atoms with Gasteiger partial charge in [-0.05, 0) is 31.7 Å². The summed E-state index contributed by atoms with van der Waals surface area (Å²) in [5, 5.41) is 9.51. The average molecular weight is 192 g/mol. The first kappa shape index (κ1) is 9.53. The number of hydrogen-bond donors (Lipinski definition) is 1. The molecule has 1 aliphatic rings. The van der Waals surface area contributed by atoms with Crippen LogP contribution in [-0.2, 0) is 0 Å². The van der Waals surface area contributed by atoms with Crippen LogP contribution in [0.5, 0.6) is 5.75 Å². The van der Waals surface area contributed by atoms with Crippen LogP contribution >= 0.6 is 0 Å². The molecule has 2 nitrogen and oxygen atoms in total. The zero-order valence-corrected chi connectivity index (χ0v) is 8.44. The van der Waals surface area contributed by atoms with E-state index in [2.05, 4.69) is 0 Å². The fourth-order valence-electron chi connectivity index (χ4n) is 1.45. The van der Waals surface area contributed by atoms with Crippen molar-refractivity contribution < 1.29 is 9.84 Å². The van der Waals surface area contributed by atoms with E-state index >= 15 is 0 Å². The molecule has 0 spiro atoms. The molecule has 2 heteroatoms. The lowest BCUT2D eigenvalue weighted by Crippen LogP contribution is -2.03. The Hall–Kier alpha value is -1.02. The quantitative estimate of drug-likeness (QED) is 0.794. The molecule has 76 valence electrons. The maximum Gasteiger partial charge on any atom is 0.125 e. The second kappa shape index (κ2) is 4.01. The Morgan fingerprint density at radius 2 is 2.14 bits per heavy atom. The van der Waals surface area contributed by atoms with Crippen LogP contribution in [0.15, 0.2) is 24.3 Å². The summed E-state index contributed by atoms with van der Waals surface area (Å²) in [6.45, 7) is 2.56. The molecule has 2 rings (SSSR count). The lowest BCUT2D eigenvalue weighted by Gasteiger charge is -2.12. The Morgan fingerprint density at radius 1 is 1.43 bits per heavy atom. The van der Waals surface area contributed by atoms with Gasteiger partial charge in [-0.3, -0.25) is 0 Å². The second-order valence-electron chi connectivity index (χ2n) is 3.97. The predicted molar refractivity (Wildman–Crippen MR) is 55.3 cm³/mol. The van der Waals surface area contributed by atoms with Gasteiger partial charge in [0.1, 0.15) is 5.75 Å². The number of rotatable bonds is 4. The molecule has 0 radical (unpaired) electrons. The molecule has 1 N–H and O–H groups in total. The van der Waals surface area contributed by atoms with Gasteiger partial charge in [0.05, 0.1) is 12.7 Å². The van der Waals surface area contributed by atoms with E-state index in [9.17, 15) is 5.11 Å². The summed E-state index contributed by atoms with van der Waals surface area (Å²) < 4.78 is 5.66. The largest absolute Gasteiger partial charge is 0.493 e. The first-order valence-electron chi connectivity index (χ1n) is 5.17. The number of aliphatic hydroxyl groups is 1. The minimum absolute atomic E-state index is 0.453. The molecule has 14 heavy (non-hydrogen) atoms. The van der Waals surface area contributed by atoms with Gasteiger partial charge in [-0.15, -0.1) is 0 Å². The molecule has 0 amide bonds. The normalized spacial score (nSPS) is 17.9. The zero-order valence-electron chi connectivity index (χ0n) is 8.44. The van der Waals surface area contributed by atoms with Gasteiger partial charge in [0.2, 0.25) is 0 Å². The maximum absolute atomic E-state index is 9.51. The Balaban J connectivity index is 2.05. The zero-order chi connectivity index (χ0) is 9.97. The van der Waals surface area contributed by atoms with E-state index in [0.717, 1.165) is 23.8 Å². The van der Waals surface area contributed by atoms with Crippen molar-refractivity contribution in [2.24, 2.45) is 5.92 Å². The summed E-state index contributed by atoms with van der Waals surface area (Å²) in [6.07, 6.45) is 2.12. The molecule has 0 bridgehead atoms. The van der Waals surface area contributed by atoms with E-state index in [4.69, 9.17) is 4.74 Å². The van der Waals surface area contributed by atoms with Crippen molar-refractivity contribution in [1.29, 1.82) is 0 Å². The molecule has 1 saturated carbocycles. The number of hydrogen-bond acceptors (Lipinski definition) is 2. The molecule has 0 heterocycles. The van der Waals surface area contributed by atoms with Gasteiger partial charge in [0.15, 0.2) is 0 Å². The number of benzene rings is 1. The third-order valence-corrected chi connectivity index (χ3v) is 2.54. The number of para-hydroxylation sites is 1. The van der Waals surface area contributed by atoms with Crippen LogP contribution in [0.3, 0.4) is 0 Å². The first-order chi connectivity index (χ1) is 6.77. The monoisotopic (exact) mass is 192 g/mol. The van der Waals surface area contributed by atoms with Crippen LogP contribution in [-0.4, -0.2) is 11.7 Å². The minimum atomic E-state index is -0.453. The van der Waals surface area contributed by atoms with Crippen LogP contribution in [0.2, 0.25) is 0 Å². The summed E-state index contributed by atoms with van der Waals surface area (Å²) >= 11 is 0. The van der Waals surface area contributed by atoms with E-state index in [1.807, 2.05) is 24.3 Å². The average Bonchev–Trinajstić information content (AvgIpc) is 2.98. The molecule has 1 aliphatic carbocycles. The minimum Gasteiger partial charge on any atom is -0.493 e. The van der Waals surface area contributed by atoms with Gasteiger partial charge in [-0.1, -0.05) is 18.2 Å². The van der Waals surface area contributed by atoms with Crippen molar-refractivity contribution in [2.75, 3.05) is 6.61 Å². The van der Waals surface area contributed by atoms with Gasteiger partial charge in [-0.2, -0.15) is 0 Å². The number of aliphatic hydroxyl groups excluding tert-OH is 1. The van der Waals surface area contributed by atoms with Crippen LogP contribution in [0.25, 0.3) is 0 Å². The van der Waals surface area contributed by atoms with Gasteiger partial charge in [0, 0.05) is 5.56 Å². The second-order valence-corrected chi connectivity index (χ2v) is 3.97. The maximum atomic E-state index is 9.51. The molecule has 1 atom stereocenters. The third-order valence-electron chi connectivity index (χ3n) is 2.54. The van der Waals surface area contributed by atoms with Crippen LogP contribution in [0.1, 0.15) is 31.4 Å². The predicted octanol–water partition coefficient (Wildman–Crippen LogP) is 2.53. The van der Waals surface area contributed by atoms with E-state index in [1.165, 1.54) is 12.8 Å². The summed E-state index contributed by atoms with van der Waals surface area (Å²) in [5.41, 5.74) is 0.883. The summed E-state index contributed by atoms with van der Waals surface area (Å²) in [4.78, 5) is 0. The Labute approximate surface area is 84.5 Å². The highest BCUT2D eigenvalue weighted by Crippen LogP contribution is 2.31. The lowest BCUT2D eigenvalue weighted by molar-refractivity contribution is 0.190. The SMILES string of the molecule is CC(O)c1ccccc1OCC1CC1. The van der Waals surface area contributed by atoms with E-state index in [0.29, 0.717) is 0 Å². The Bertz CT molecular complexity index is 303. The van der Waals surface area contributed by atoms with Crippen LogP contribution in [0, 0.1) is 5.92 Å². The van der Waals surface area contributed by atoms with Crippen LogP contribution < -0.4 is 4.74 Å². The molecular formula is C12H16O2. The van der Waals surface area contributed by atoms with Gasteiger partial charge in [-0.25, -0.2) is 0 Å². The fraction of sp³-hybridized carbons (Fsp3) is 0.500. The summed E-state index contributed by atoms with van der Waals surface area (Å²) in [6, 6.07) is 7.69. The van der Waals surface area contributed by atoms with Crippen molar-refractivity contribution in [3.63, 3.8) is 0 Å². The van der Waals surface area contributed by atoms with Crippen molar-refractivity contribution in [3.05, 3.63) is 29.8 Å². The van der Waals surface area contributed by atoms with Gasteiger partial charge in [0.25, 0.3) is 0 Å². The summed E-state index contributed by atoms with van der Waals surface area (Å²) in [5.74, 6) is 1.58. The highest BCUT2D eigenvalue weighted by atomic mass is 16.5. The van der Waals surface area contributed by atoms with E-state index in [-0.39, 0.29) is 0 Å². The van der Waals surface area contributed by atoms with Crippen LogP contribution in [0.4, 0.5) is 0 Å². The summed E-state index contributed by atoms with van der Waals surface area (Å²) in [7, 11) is 0. The third kappa shape index (κ3) is 2.26. The molecule has 1 unspecified atom stereocenters. The standard InChI is InChI=1S/C12H16O2/c1-9(13)11-4-2-3-5-12(11)14-8-10-6-7-10/h2-5,9-10,13H,6-8H2,1H3. The highest BCUT2D eigenvalue weighted by Gasteiger charge is 2.22.